The molecule has 0 unspecified atom stereocenters. The smallest absolute Gasteiger partial charge is 0.263 e. The van der Waals surface area contributed by atoms with Crippen molar-refractivity contribution < 1.29 is 17.9 Å². The van der Waals surface area contributed by atoms with Crippen molar-refractivity contribution in [2.75, 3.05) is 29.5 Å². The van der Waals surface area contributed by atoms with E-state index in [1.165, 1.54) is 37.8 Å². The van der Waals surface area contributed by atoms with Gasteiger partial charge in [-0.15, -0.1) is 0 Å². The first kappa shape index (κ1) is 17.0. The molecule has 0 saturated carbocycles. The van der Waals surface area contributed by atoms with Gasteiger partial charge in [0.25, 0.3) is 10.0 Å². The number of nitrogens with one attached hydrogen (secondary N) is 1. The summed E-state index contributed by atoms with van der Waals surface area (Å²) in [4.78, 5) is 6.69. The Hall–Kier alpha value is -2.48. The van der Waals surface area contributed by atoms with Crippen molar-refractivity contribution in [3.05, 3.63) is 36.5 Å². The van der Waals surface area contributed by atoms with Gasteiger partial charge in [-0.05, 0) is 37.1 Å². The van der Waals surface area contributed by atoms with Gasteiger partial charge in [-0.25, -0.2) is 13.4 Å². The maximum absolute atomic E-state index is 12.6. The van der Waals surface area contributed by atoms with E-state index >= 15 is 0 Å². The molecule has 0 atom stereocenters. The molecule has 2 aliphatic heterocycles. The monoisotopic (exact) mass is 375 g/mol. The van der Waals surface area contributed by atoms with Crippen molar-refractivity contribution in [3.63, 3.8) is 0 Å². The summed E-state index contributed by atoms with van der Waals surface area (Å²) in [5, 5.41) is 0. The van der Waals surface area contributed by atoms with Gasteiger partial charge in [-0.1, -0.05) is 12.8 Å². The SMILES string of the molecule is O=S(=O)(Nc1ccc(N2CCCCCC2)cn1)c1ccc2c(c1)OCO2. The fraction of sp³-hybridized carbons (Fsp3) is 0.389. The van der Waals surface area contributed by atoms with Gasteiger partial charge in [0.15, 0.2) is 11.5 Å². The zero-order valence-corrected chi connectivity index (χ0v) is 15.2. The first-order valence-corrected chi connectivity index (χ1v) is 10.2. The van der Waals surface area contributed by atoms with Gasteiger partial charge >= 0.3 is 0 Å². The Morgan fingerprint density at radius 3 is 2.46 bits per heavy atom. The normalized spacial score (nSPS) is 17.0. The van der Waals surface area contributed by atoms with Crippen molar-refractivity contribution in [1.29, 1.82) is 0 Å². The minimum absolute atomic E-state index is 0.103. The molecular weight excluding hydrogens is 354 g/mol. The molecule has 1 aromatic heterocycles. The van der Waals surface area contributed by atoms with Crippen LogP contribution in [-0.4, -0.2) is 33.3 Å². The Bertz CT molecular complexity index is 876. The van der Waals surface area contributed by atoms with Crippen molar-refractivity contribution in [2.45, 2.75) is 30.6 Å². The number of rotatable bonds is 4. The van der Waals surface area contributed by atoms with Crippen molar-refractivity contribution in [1.82, 2.24) is 4.98 Å². The Morgan fingerprint density at radius 1 is 0.962 bits per heavy atom. The van der Waals surface area contributed by atoms with Crippen LogP contribution in [0.3, 0.4) is 0 Å². The van der Waals surface area contributed by atoms with E-state index in [4.69, 9.17) is 9.47 Å². The lowest BCUT2D eigenvalue weighted by molar-refractivity contribution is 0.174. The summed E-state index contributed by atoms with van der Waals surface area (Å²) in [6.45, 7) is 2.14. The molecule has 7 nitrogen and oxygen atoms in total. The Kier molecular flexibility index (Phi) is 4.58. The van der Waals surface area contributed by atoms with Crippen LogP contribution >= 0.6 is 0 Å². The third-order valence-corrected chi connectivity index (χ3v) is 5.96. The lowest BCUT2D eigenvalue weighted by atomic mass is 10.2. The molecule has 1 N–H and O–H groups in total. The predicted molar refractivity (Wildman–Crippen MR) is 98.3 cm³/mol. The minimum Gasteiger partial charge on any atom is -0.454 e. The maximum atomic E-state index is 12.6. The molecule has 3 heterocycles. The van der Waals surface area contributed by atoms with E-state index in [1.54, 1.807) is 18.3 Å². The lowest BCUT2D eigenvalue weighted by Gasteiger charge is -2.22. The van der Waals surface area contributed by atoms with Gasteiger partial charge < -0.3 is 14.4 Å². The summed E-state index contributed by atoms with van der Waals surface area (Å²) in [5.41, 5.74) is 1.03. The molecular formula is C18H21N3O4S. The summed E-state index contributed by atoms with van der Waals surface area (Å²) >= 11 is 0. The third-order valence-electron chi connectivity index (χ3n) is 4.61. The summed E-state index contributed by atoms with van der Waals surface area (Å²) in [6.07, 6.45) is 6.61. The zero-order valence-electron chi connectivity index (χ0n) is 14.3. The molecule has 1 saturated heterocycles. The van der Waals surface area contributed by atoms with Crippen LogP contribution in [0.2, 0.25) is 0 Å². The molecule has 1 fully saturated rings. The largest absolute Gasteiger partial charge is 0.454 e. The highest BCUT2D eigenvalue weighted by molar-refractivity contribution is 7.92. The van der Waals surface area contributed by atoms with E-state index < -0.39 is 10.0 Å². The van der Waals surface area contributed by atoms with Crippen molar-refractivity contribution >= 4 is 21.5 Å². The number of anilines is 2. The van der Waals surface area contributed by atoms with Gasteiger partial charge in [-0.2, -0.15) is 0 Å². The quantitative estimate of drug-likeness (QED) is 0.885. The molecule has 0 amide bonds. The van der Waals surface area contributed by atoms with Crippen LogP contribution < -0.4 is 19.1 Å². The van der Waals surface area contributed by atoms with E-state index in [9.17, 15) is 8.42 Å². The highest BCUT2D eigenvalue weighted by Crippen LogP contribution is 2.34. The number of hydrogen-bond donors (Lipinski definition) is 1. The van der Waals surface area contributed by atoms with Crippen LogP contribution in [-0.2, 0) is 10.0 Å². The highest BCUT2D eigenvalue weighted by atomic mass is 32.2. The summed E-state index contributed by atoms with van der Waals surface area (Å²) in [7, 11) is -3.74. The Balaban J connectivity index is 1.49. The minimum atomic E-state index is -3.74. The lowest BCUT2D eigenvalue weighted by Crippen LogP contribution is -2.24. The average molecular weight is 375 g/mol. The molecule has 8 heteroatoms. The Labute approximate surface area is 153 Å². The van der Waals surface area contributed by atoms with Crippen LogP contribution in [0.1, 0.15) is 25.7 Å². The summed E-state index contributed by atoms with van der Waals surface area (Å²) in [6, 6.07) is 8.14. The average Bonchev–Trinajstić information content (AvgIpc) is 2.94. The zero-order chi connectivity index (χ0) is 18.0. The standard InChI is InChI=1S/C18H21N3O4S/c22-26(23,15-6-7-16-17(11-15)25-13-24-16)20-18-8-5-14(12-19-18)21-9-3-1-2-4-10-21/h5-8,11-12H,1-4,9-10,13H2,(H,19,20). The third kappa shape index (κ3) is 3.55. The fourth-order valence-corrected chi connectivity index (χ4v) is 4.23. The predicted octanol–water partition coefficient (Wildman–Crippen LogP) is 2.99. The van der Waals surface area contributed by atoms with Crippen LogP contribution in [0, 0.1) is 0 Å². The van der Waals surface area contributed by atoms with Gasteiger partial charge in [-0.3, -0.25) is 4.72 Å². The molecule has 2 aromatic rings. The maximum Gasteiger partial charge on any atom is 0.263 e. The number of pyridine rings is 1. The first-order chi connectivity index (χ1) is 12.6. The number of sulfonamides is 1. The number of nitrogens with zero attached hydrogens (tertiary/aromatic N) is 2. The molecule has 0 aliphatic carbocycles. The highest BCUT2D eigenvalue weighted by Gasteiger charge is 2.21. The van der Waals surface area contributed by atoms with Crippen LogP contribution in [0.4, 0.5) is 11.5 Å². The molecule has 0 spiro atoms. The topological polar surface area (TPSA) is 80.8 Å². The van der Waals surface area contributed by atoms with Crippen molar-refractivity contribution in [2.24, 2.45) is 0 Å². The second-order valence-electron chi connectivity index (χ2n) is 6.42. The van der Waals surface area contributed by atoms with Gasteiger partial charge in [0.1, 0.15) is 5.82 Å². The second-order valence-corrected chi connectivity index (χ2v) is 8.11. The van der Waals surface area contributed by atoms with Crippen molar-refractivity contribution in [3.8, 4) is 11.5 Å². The van der Waals surface area contributed by atoms with E-state index in [-0.39, 0.29) is 11.7 Å². The van der Waals surface area contributed by atoms with E-state index in [0.29, 0.717) is 17.3 Å². The molecule has 2 aliphatic rings. The number of benzene rings is 1. The number of ether oxygens (including phenoxy) is 2. The molecule has 1 aromatic carbocycles. The molecule has 0 bridgehead atoms. The number of aromatic nitrogens is 1. The number of fused-ring (bicyclic) bond motifs is 1. The summed E-state index contributed by atoms with van der Waals surface area (Å²) < 4.78 is 38.1. The second kappa shape index (κ2) is 7.03. The van der Waals surface area contributed by atoms with Gasteiger partial charge in [0.2, 0.25) is 6.79 Å². The van der Waals surface area contributed by atoms with Gasteiger partial charge in [0.05, 0.1) is 16.8 Å². The molecule has 26 heavy (non-hydrogen) atoms. The fourth-order valence-electron chi connectivity index (χ4n) is 3.20. The van der Waals surface area contributed by atoms with Crippen LogP contribution in [0.5, 0.6) is 11.5 Å². The van der Waals surface area contributed by atoms with E-state index in [2.05, 4.69) is 14.6 Å². The van der Waals surface area contributed by atoms with Gasteiger partial charge in [0, 0.05) is 19.2 Å². The molecule has 0 radical (unpaired) electrons. The van der Waals surface area contributed by atoms with E-state index in [1.807, 2.05) is 6.07 Å². The summed E-state index contributed by atoms with van der Waals surface area (Å²) in [5.74, 6) is 1.27. The number of hydrogen-bond acceptors (Lipinski definition) is 6. The van der Waals surface area contributed by atoms with Crippen LogP contribution in [0.15, 0.2) is 41.4 Å². The molecule has 138 valence electrons. The van der Waals surface area contributed by atoms with E-state index in [0.717, 1.165) is 18.8 Å². The Morgan fingerprint density at radius 2 is 1.73 bits per heavy atom. The first-order valence-electron chi connectivity index (χ1n) is 8.75. The molecule has 4 rings (SSSR count). The van der Waals surface area contributed by atoms with Crippen LogP contribution in [0.25, 0.3) is 0 Å².